The van der Waals surface area contributed by atoms with Crippen LogP contribution in [0.15, 0.2) is 11.6 Å². The Morgan fingerprint density at radius 1 is 1.13 bits per heavy atom. The van der Waals surface area contributed by atoms with Gasteiger partial charge in [-0.15, -0.1) is 0 Å². The zero-order valence-electron chi connectivity index (χ0n) is 8.69. The molecule has 0 heterocycles. The molecule has 0 amide bonds. The quantitative estimate of drug-likeness (QED) is 0.510. The summed E-state index contributed by atoms with van der Waals surface area (Å²) in [7, 11) is 0. The molecule has 0 saturated carbocycles. The Morgan fingerprint density at radius 2 is 1.60 bits per heavy atom. The molecule has 0 unspecified atom stereocenters. The van der Waals surface area contributed by atoms with Crippen LogP contribution in [0.4, 0.5) is 0 Å². The second kappa shape index (κ2) is 5.95. The van der Waals surface area contributed by atoms with Crippen LogP contribution in [0.25, 0.3) is 0 Å². The van der Waals surface area contributed by atoms with Crippen molar-refractivity contribution in [2.24, 2.45) is 5.92 Å². The van der Waals surface area contributed by atoms with E-state index in [4.69, 9.17) is 10.2 Å². The van der Waals surface area contributed by atoms with Gasteiger partial charge in [0, 0.05) is 0 Å². The Hall–Kier alpha value is -1.65. The zero-order chi connectivity index (χ0) is 12.0. The van der Waals surface area contributed by atoms with Crippen molar-refractivity contribution < 1.29 is 24.6 Å². The summed E-state index contributed by atoms with van der Waals surface area (Å²) in [4.78, 5) is 32.7. The average Bonchev–Trinajstić information content (AvgIpc) is 2.12. The molecule has 2 N–H and O–H groups in total. The summed E-state index contributed by atoms with van der Waals surface area (Å²) in [5.74, 6) is -6.06. The van der Waals surface area contributed by atoms with Gasteiger partial charge in [0.25, 0.3) is 0 Å². The first kappa shape index (κ1) is 13.4. The molecule has 0 bridgehead atoms. The summed E-state index contributed by atoms with van der Waals surface area (Å²) in [6, 6.07) is 0. The second-order valence-corrected chi connectivity index (χ2v) is 2.96. The predicted molar refractivity (Wildman–Crippen MR) is 52.4 cm³/mol. The Balaban J connectivity index is 5.01. The molecule has 0 aliphatic rings. The summed E-state index contributed by atoms with van der Waals surface area (Å²) < 4.78 is 0. The number of rotatable bonds is 6. The number of ketones is 1. The SMILES string of the molecule is CC/C=C(/CC)C(=O)C(C(=O)O)C(=O)O. The Bertz CT molecular complexity index is 289. The number of hydrogen-bond donors (Lipinski definition) is 2. The molecule has 0 fully saturated rings. The van der Waals surface area contributed by atoms with Gasteiger partial charge in [0.15, 0.2) is 5.78 Å². The van der Waals surface area contributed by atoms with E-state index in [1.165, 1.54) is 0 Å². The van der Waals surface area contributed by atoms with Gasteiger partial charge in [-0.05, 0) is 18.4 Å². The Labute approximate surface area is 87.4 Å². The number of carboxylic acids is 2. The molecule has 0 aliphatic heterocycles. The topological polar surface area (TPSA) is 91.7 Å². The third kappa shape index (κ3) is 3.53. The van der Waals surface area contributed by atoms with Gasteiger partial charge in [0.2, 0.25) is 5.92 Å². The summed E-state index contributed by atoms with van der Waals surface area (Å²) in [6.45, 7) is 3.47. The highest BCUT2D eigenvalue weighted by atomic mass is 16.4. The van der Waals surface area contributed by atoms with Crippen LogP contribution < -0.4 is 0 Å². The van der Waals surface area contributed by atoms with E-state index in [2.05, 4.69) is 0 Å². The van der Waals surface area contributed by atoms with E-state index in [1.54, 1.807) is 19.9 Å². The normalized spacial score (nSPS) is 11.5. The molecule has 0 aromatic rings. The van der Waals surface area contributed by atoms with Crippen molar-refractivity contribution in [1.82, 2.24) is 0 Å². The molecule has 0 aliphatic carbocycles. The van der Waals surface area contributed by atoms with Gasteiger partial charge in [-0.2, -0.15) is 0 Å². The number of carbonyl (C=O) groups is 3. The first-order valence-electron chi connectivity index (χ1n) is 4.64. The zero-order valence-corrected chi connectivity index (χ0v) is 8.69. The van der Waals surface area contributed by atoms with E-state index in [9.17, 15) is 14.4 Å². The molecule has 0 spiro atoms. The van der Waals surface area contributed by atoms with Crippen LogP contribution in [0.3, 0.4) is 0 Å². The molecule has 0 saturated heterocycles. The Kier molecular flexibility index (Phi) is 5.30. The fourth-order valence-electron chi connectivity index (χ4n) is 1.18. The molecule has 84 valence electrons. The largest absolute Gasteiger partial charge is 0.480 e. The van der Waals surface area contributed by atoms with E-state index in [0.717, 1.165) is 0 Å². The summed E-state index contributed by atoms with van der Waals surface area (Å²) in [5.41, 5.74) is 0.257. The Morgan fingerprint density at radius 3 is 1.87 bits per heavy atom. The molecular formula is C10H14O5. The highest BCUT2D eigenvalue weighted by Gasteiger charge is 2.34. The van der Waals surface area contributed by atoms with Gasteiger partial charge in [-0.3, -0.25) is 14.4 Å². The summed E-state index contributed by atoms with van der Waals surface area (Å²) in [5, 5.41) is 17.2. The monoisotopic (exact) mass is 214 g/mol. The number of Topliss-reactive ketones (excluding diaryl/α,β-unsaturated/α-hetero) is 1. The number of carbonyl (C=O) groups excluding carboxylic acids is 1. The first-order chi connectivity index (χ1) is 6.95. The lowest BCUT2D eigenvalue weighted by Gasteiger charge is -2.08. The number of aliphatic carboxylic acids is 2. The number of hydrogen-bond acceptors (Lipinski definition) is 3. The first-order valence-corrected chi connectivity index (χ1v) is 4.64. The maximum atomic E-state index is 11.5. The minimum Gasteiger partial charge on any atom is -0.480 e. The predicted octanol–water partition coefficient (Wildman–Crippen LogP) is 1.09. The smallest absolute Gasteiger partial charge is 0.325 e. The van der Waals surface area contributed by atoms with Crippen LogP contribution in [0.2, 0.25) is 0 Å². The van der Waals surface area contributed by atoms with E-state index in [1.807, 2.05) is 0 Å². The molecule has 0 atom stereocenters. The highest BCUT2D eigenvalue weighted by molar-refractivity contribution is 6.19. The van der Waals surface area contributed by atoms with Crippen molar-refractivity contribution in [3.63, 3.8) is 0 Å². The van der Waals surface area contributed by atoms with E-state index < -0.39 is 23.6 Å². The van der Waals surface area contributed by atoms with Gasteiger partial charge in [0.05, 0.1) is 0 Å². The van der Waals surface area contributed by atoms with Crippen LogP contribution >= 0.6 is 0 Å². The van der Waals surface area contributed by atoms with Crippen LogP contribution in [0.5, 0.6) is 0 Å². The standard InChI is InChI=1S/C10H14O5/c1-3-5-6(4-2)8(11)7(9(12)13)10(14)15/h5,7H,3-4H2,1-2H3,(H,12,13)(H,14,15)/b6-5-. The molecule has 0 aromatic carbocycles. The van der Waals surface area contributed by atoms with Crippen molar-refractivity contribution in [1.29, 1.82) is 0 Å². The average molecular weight is 214 g/mol. The lowest BCUT2D eigenvalue weighted by molar-refractivity contribution is -0.156. The van der Waals surface area contributed by atoms with Crippen LogP contribution in [0.1, 0.15) is 26.7 Å². The lowest BCUT2D eigenvalue weighted by atomic mass is 9.95. The lowest BCUT2D eigenvalue weighted by Crippen LogP contribution is -2.32. The maximum absolute atomic E-state index is 11.5. The fraction of sp³-hybridized carbons (Fsp3) is 0.500. The van der Waals surface area contributed by atoms with Crippen molar-refractivity contribution in [2.75, 3.05) is 0 Å². The van der Waals surface area contributed by atoms with Gasteiger partial charge >= 0.3 is 11.9 Å². The fourth-order valence-corrected chi connectivity index (χ4v) is 1.18. The van der Waals surface area contributed by atoms with Gasteiger partial charge in [0.1, 0.15) is 0 Å². The van der Waals surface area contributed by atoms with Gasteiger partial charge in [-0.1, -0.05) is 19.9 Å². The van der Waals surface area contributed by atoms with E-state index in [-0.39, 0.29) is 5.57 Å². The van der Waals surface area contributed by atoms with Gasteiger partial charge < -0.3 is 10.2 Å². The molecule has 0 aromatic heterocycles. The molecular weight excluding hydrogens is 200 g/mol. The minimum absolute atomic E-state index is 0.257. The second-order valence-electron chi connectivity index (χ2n) is 2.96. The van der Waals surface area contributed by atoms with Crippen molar-refractivity contribution in [3.05, 3.63) is 11.6 Å². The van der Waals surface area contributed by atoms with Crippen molar-refractivity contribution >= 4 is 17.7 Å². The number of allylic oxidation sites excluding steroid dienone is 2. The summed E-state index contributed by atoms with van der Waals surface area (Å²) >= 11 is 0. The molecule has 5 nitrogen and oxygen atoms in total. The molecule has 0 rings (SSSR count). The summed E-state index contributed by atoms with van der Waals surface area (Å²) in [6.07, 6.45) is 2.46. The number of carboxylic acid groups (broad SMARTS) is 2. The highest BCUT2D eigenvalue weighted by Crippen LogP contribution is 2.12. The van der Waals surface area contributed by atoms with Crippen LogP contribution in [-0.2, 0) is 14.4 Å². The van der Waals surface area contributed by atoms with Crippen LogP contribution in [0, 0.1) is 5.92 Å². The van der Waals surface area contributed by atoms with E-state index >= 15 is 0 Å². The molecule has 15 heavy (non-hydrogen) atoms. The van der Waals surface area contributed by atoms with Crippen molar-refractivity contribution in [3.8, 4) is 0 Å². The molecule has 5 heteroatoms. The van der Waals surface area contributed by atoms with Crippen LogP contribution in [-0.4, -0.2) is 27.9 Å². The molecule has 0 radical (unpaired) electrons. The third-order valence-electron chi connectivity index (χ3n) is 1.90. The van der Waals surface area contributed by atoms with Gasteiger partial charge in [-0.25, -0.2) is 0 Å². The van der Waals surface area contributed by atoms with Crippen molar-refractivity contribution in [2.45, 2.75) is 26.7 Å². The van der Waals surface area contributed by atoms with E-state index in [0.29, 0.717) is 12.8 Å². The minimum atomic E-state index is -1.98. The maximum Gasteiger partial charge on any atom is 0.325 e. The third-order valence-corrected chi connectivity index (χ3v) is 1.90.